The van der Waals surface area contributed by atoms with Crippen LogP contribution in [0, 0.1) is 0 Å². The minimum Gasteiger partial charge on any atom is -0.493 e. The molecule has 0 aliphatic carbocycles. The van der Waals surface area contributed by atoms with Crippen molar-refractivity contribution in [2.24, 2.45) is 0 Å². The molecule has 0 saturated carbocycles. The van der Waals surface area contributed by atoms with Gasteiger partial charge in [0, 0.05) is 6.42 Å². The highest BCUT2D eigenvalue weighted by Gasteiger charge is 2.41. The summed E-state index contributed by atoms with van der Waals surface area (Å²) < 4.78 is 32.6. The van der Waals surface area contributed by atoms with Crippen LogP contribution in [0.1, 0.15) is 35.1 Å². The van der Waals surface area contributed by atoms with Crippen LogP contribution in [0.3, 0.4) is 0 Å². The van der Waals surface area contributed by atoms with Gasteiger partial charge in [0.1, 0.15) is 24.6 Å². The second-order valence-electron chi connectivity index (χ2n) is 12.1. The smallest absolute Gasteiger partial charge is 0.113 e. The largest absolute Gasteiger partial charge is 0.493 e. The van der Waals surface area contributed by atoms with Gasteiger partial charge >= 0.3 is 0 Å². The predicted octanol–water partition coefficient (Wildman–Crippen LogP) is 9.42. The molecule has 4 aromatic carbocycles. The summed E-state index contributed by atoms with van der Waals surface area (Å²) in [6.45, 7) is 5.88. The van der Waals surface area contributed by atoms with Crippen LogP contribution in [-0.4, -0.2) is 43.5 Å². The minimum absolute atomic E-state index is 0.233. The molecule has 3 unspecified atom stereocenters. The maximum atomic E-state index is 6.96. The van der Waals surface area contributed by atoms with Crippen molar-refractivity contribution < 1.29 is 23.7 Å². The van der Waals surface area contributed by atoms with E-state index in [-0.39, 0.29) is 24.2 Å². The maximum absolute atomic E-state index is 6.96. The van der Waals surface area contributed by atoms with Gasteiger partial charge in [-0.1, -0.05) is 140 Å². The van der Waals surface area contributed by atoms with E-state index in [1.165, 1.54) is 5.56 Å². The second-order valence-corrected chi connectivity index (χ2v) is 12.3. The topological polar surface area (TPSA) is 46.2 Å². The van der Waals surface area contributed by atoms with E-state index in [0.29, 0.717) is 45.2 Å². The fourth-order valence-electron chi connectivity index (χ4n) is 5.87. The Kier molecular flexibility index (Phi) is 15.2. The van der Waals surface area contributed by atoms with Gasteiger partial charge in [-0.15, -0.1) is 11.6 Å². The average Bonchev–Trinajstić information content (AvgIpc) is 3.16. The molecule has 5 rings (SSSR count). The lowest BCUT2D eigenvalue weighted by Crippen LogP contribution is -2.52. The van der Waals surface area contributed by atoms with Crippen LogP contribution in [0.15, 0.2) is 157 Å². The molecule has 4 atom stereocenters. The molecular weight excluding hydrogens is 632 g/mol. The van der Waals surface area contributed by atoms with Crippen LogP contribution in [0.25, 0.3) is 0 Å². The Bertz CT molecular complexity index is 1560. The zero-order chi connectivity index (χ0) is 33.9. The minimum atomic E-state index is -0.397. The van der Waals surface area contributed by atoms with Gasteiger partial charge in [0.2, 0.25) is 0 Å². The number of hydrogen-bond donors (Lipinski definition) is 0. The van der Waals surface area contributed by atoms with E-state index >= 15 is 0 Å². The van der Waals surface area contributed by atoms with Crippen molar-refractivity contribution in [1.82, 2.24) is 0 Å². The molecule has 0 amide bonds. The van der Waals surface area contributed by atoms with Gasteiger partial charge in [-0.2, -0.15) is 0 Å². The van der Waals surface area contributed by atoms with Crippen molar-refractivity contribution in [3.8, 4) is 0 Å². The quantitative estimate of drug-likeness (QED) is 0.0428. The van der Waals surface area contributed by atoms with E-state index in [2.05, 4.69) is 73.3 Å². The number of hydrogen-bond acceptors (Lipinski definition) is 5. The Hall–Kier alpha value is -3.97. The molecule has 6 heteroatoms. The molecule has 256 valence electrons. The third kappa shape index (κ3) is 12.1. The zero-order valence-corrected chi connectivity index (χ0v) is 28.8. The Morgan fingerprint density at radius 1 is 0.735 bits per heavy atom. The zero-order valence-electron chi connectivity index (χ0n) is 28.1. The van der Waals surface area contributed by atoms with Crippen molar-refractivity contribution in [2.75, 3.05) is 19.1 Å². The predicted molar refractivity (Wildman–Crippen MR) is 197 cm³/mol. The summed E-state index contributed by atoms with van der Waals surface area (Å²) >= 11 is 6.38. The number of halogens is 1. The van der Waals surface area contributed by atoms with E-state index in [0.717, 1.165) is 35.1 Å². The normalized spacial score (nSPS) is 19.8. The third-order valence-corrected chi connectivity index (χ3v) is 8.64. The summed E-state index contributed by atoms with van der Waals surface area (Å²) in [6, 6.07) is 41.1. The Morgan fingerprint density at radius 3 is 1.86 bits per heavy atom. The number of alkyl halides is 1. The first-order chi connectivity index (χ1) is 24.2. The SMILES string of the molecule is C=CCO/C(=C/C(=C\CCc1ccccc1)C1CC(OCc2ccccc2)[C@H](OCc2ccccc2)C(COCc2ccccc2)O1)CCl. The van der Waals surface area contributed by atoms with E-state index in [4.69, 9.17) is 35.3 Å². The molecule has 1 aliphatic rings. The van der Waals surface area contributed by atoms with E-state index in [9.17, 15) is 0 Å². The second kappa shape index (κ2) is 20.5. The maximum Gasteiger partial charge on any atom is 0.113 e. The highest BCUT2D eigenvalue weighted by Crippen LogP contribution is 2.32. The van der Waals surface area contributed by atoms with Gasteiger partial charge in [0.05, 0.1) is 44.5 Å². The molecule has 0 N–H and O–H groups in total. The Morgan fingerprint density at radius 2 is 1.29 bits per heavy atom. The molecule has 1 fully saturated rings. The van der Waals surface area contributed by atoms with Crippen LogP contribution in [0.2, 0.25) is 0 Å². The van der Waals surface area contributed by atoms with Gasteiger partial charge in [-0.25, -0.2) is 0 Å². The van der Waals surface area contributed by atoms with Crippen LogP contribution in [-0.2, 0) is 49.9 Å². The van der Waals surface area contributed by atoms with E-state index in [1.807, 2.05) is 66.7 Å². The van der Waals surface area contributed by atoms with E-state index < -0.39 is 6.10 Å². The molecule has 1 aliphatic heterocycles. The molecule has 0 spiro atoms. The highest BCUT2D eigenvalue weighted by atomic mass is 35.5. The molecule has 1 saturated heterocycles. The standard InChI is InChI=1S/C43H47ClO5/c1-2-26-46-39(29-44)27-38(25-15-24-34-16-7-3-8-17-34)40-28-41(47-31-36-20-11-5-12-21-36)43(48-32-37-22-13-6-14-23-37)42(49-40)33-45-30-35-18-9-4-10-19-35/h2-14,16-23,25,27,40-43H,1,15,24,26,28-33H2/b38-25+,39-27+/t40?,41?,42?,43-/m0/s1. The summed E-state index contributed by atoms with van der Waals surface area (Å²) in [4.78, 5) is 0. The molecule has 4 aromatic rings. The van der Waals surface area contributed by atoms with Crippen LogP contribution < -0.4 is 0 Å². The van der Waals surface area contributed by atoms with Crippen molar-refractivity contribution >= 4 is 11.6 Å². The number of ether oxygens (including phenoxy) is 5. The molecule has 1 heterocycles. The van der Waals surface area contributed by atoms with Gasteiger partial charge in [-0.05, 0) is 46.7 Å². The van der Waals surface area contributed by atoms with Gasteiger partial charge < -0.3 is 23.7 Å². The van der Waals surface area contributed by atoms with E-state index in [1.54, 1.807) is 6.08 Å². The van der Waals surface area contributed by atoms with Gasteiger partial charge in [0.25, 0.3) is 0 Å². The number of benzene rings is 4. The average molecular weight is 679 g/mol. The van der Waals surface area contributed by atoms with Crippen molar-refractivity contribution in [3.63, 3.8) is 0 Å². The Labute approximate surface area is 296 Å². The molecular formula is C43H47ClO5. The number of aryl methyl sites for hydroxylation is 1. The highest BCUT2D eigenvalue weighted by molar-refractivity contribution is 6.19. The first kappa shape index (κ1) is 36.3. The molecule has 0 bridgehead atoms. The van der Waals surface area contributed by atoms with Gasteiger partial charge in [-0.3, -0.25) is 0 Å². The van der Waals surface area contributed by atoms with Crippen LogP contribution in [0.5, 0.6) is 0 Å². The lowest BCUT2D eigenvalue weighted by molar-refractivity contribution is -0.213. The lowest BCUT2D eigenvalue weighted by atomic mass is 9.92. The monoisotopic (exact) mass is 678 g/mol. The Balaban J connectivity index is 1.44. The van der Waals surface area contributed by atoms with Crippen molar-refractivity contribution in [1.29, 1.82) is 0 Å². The summed E-state index contributed by atoms with van der Waals surface area (Å²) in [5.74, 6) is 0.897. The van der Waals surface area contributed by atoms with Crippen molar-refractivity contribution in [2.45, 2.75) is 63.5 Å². The molecule has 0 aromatic heterocycles. The summed E-state index contributed by atoms with van der Waals surface area (Å²) in [6.07, 6.45) is 6.96. The number of allylic oxidation sites excluding steroid dienone is 2. The molecule has 5 nitrogen and oxygen atoms in total. The van der Waals surface area contributed by atoms with Gasteiger partial charge in [0.15, 0.2) is 0 Å². The molecule has 0 radical (unpaired) electrons. The third-order valence-electron chi connectivity index (χ3n) is 8.38. The summed E-state index contributed by atoms with van der Waals surface area (Å²) in [5.41, 5.74) is 5.57. The van der Waals surface area contributed by atoms with Crippen LogP contribution >= 0.6 is 11.6 Å². The fraction of sp³-hybridized carbons (Fsp3) is 0.302. The summed E-state index contributed by atoms with van der Waals surface area (Å²) in [5, 5.41) is 0. The number of rotatable bonds is 19. The first-order valence-electron chi connectivity index (χ1n) is 17.0. The van der Waals surface area contributed by atoms with Crippen LogP contribution in [0.4, 0.5) is 0 Å². The fourth-order valence-corrected chi connectivity index (χ4v) is 6.02. The van der Waals surface area contributed by atoms with Crippen molar-refractivity contribution in [3.05, 3.63) is 180 Å². The lowest BCUT2D eigenvalue weighted by Gasteiger charge is -2.42. The molecule has 49 heavy (non-hydrogen) atoms. The first-order valence-corrected chi connectivity index (χ1v) is 17.6. The summed E-state index contributed by atoms with van der Waals surface area (Å²) in [7, 11) is 0.